The number of nitrogens with one attached hydrogen (secondary N) is 2. The van der Waals surface area contributed by atoms with Crippen LogP contribution in [0.4, 0.5) is 5.95 Å². The quantitative estimate of drug-likeness (QED) is 0.839. The molecule has 6 heteroatoms. The van der Waals surface area contributed by atoms with Crippen LogP contribution in [0.2, 0.25) is 0 Å². The third kappa shape index (κ3) is 4.43. The molecule has 1 aliphatic rings. The number of H-pyrrole nitrogens is 1. The number of benzene rings is 1. The fraction of sp³-hybridized carbons (Fsp3) is 0.444. The van der Waals surface area contributed by atoms with Crippen LogP contribution in [0.15, 0.2) is 35.1 Å². The van der Waals surface area contributed by atoms with E-state index >= 15 is 0 Å². The Morgan fingerprint density at radius 3 is 2.71 bits per heavy atom. The van der Waals surface area contributed by atoms with E-state index in [1.165, 1.54) is 0 Å². The van der Waals surface area contributed by atoms with Gasteiger partial charge in [0, 0.05) is 38.2 Å². The van der Waals surface area contributed by atoms with E-state index in [-0.39, 0.29) is 5.56 Å². The van der Waals surface area contributed by atoms with Crippen LogP contribution < -0.4 is 10.9 Å². The van der Waals surface area contributed by atoms with Crippen molar-refractivity contribution in [3.05, 3.63) is 57.5 Å². The molecule has 128 valence electrons. The number of hydrogen-bond donors (Lipinski definition) is 2. The van der Waals surface area contributed by atoms with Crippen molar-refractivity contribution in [3.8, 4) is 0 Å². The van der Waals surface area contributed by atoms with E-state index in [0.29, 0.717) is 12.4 Å². The van der Waals surface area contributed by atoms with Gasteiger partial charge in [0.15, 0.2) is 0 Å². The summed E-state index contributed by atoms with van der Waals surface area (Å²) in [4.78, 5) is 22.1. The molecule has 1 aromatic heterocycles. The second-order valence-electron chi connectivity index (χ2n) is 6.02. The first-order chi connectivity index (χ1) is 11.7. The zero-order valence-electron chi connectivity index (χ0n) is 14.0. The molecule has 6 nitrogen and oxygen atoms in total. The number of hydrogen-bond acceptors (Lipinski definition) is 5. The molecule has 1 fully saturated rings. The largest absolute Gasteiger partial charge is 0.379 e. The number of rotatable bonds is 6. The van der Waals surface area contributed by atoms with Crippen molar-refractivity contribution in [2.45, 2.75) is 13.3 Å². The number of nitrogens with zero attached hydrogens (tertiary/aromatic N) is 2. The van der Waals surface area contributed by atoms with Gasteiger partial charge in [0.25, 0.3) is 5.56 Å². The van der Waals surface area contributed by atoms with E-state index in [1.54, 1.807) is 0 Å². The van der Waals surface area contributed by atoms with Gasteiger partial charge in [-0.2, -0.15) is 0 Å². The molecule has 1 saturated heterocycles. The number of aromatic amines is 1. The highest BCUT2D eigenvalue weighted by Crippen LogP contribution is 2.09. The van der Waals surface area contributed by atoms with E-state index in [9.17, 15) is 4.79 Å². The zero-order chi connectivity index (χ0) is 16.8. The molecule has 0 amide bonds. The Balaban J connectivity index is 1.60. The Hall–Kier alpha value is -2.18. The number of aryl methyl sites for hydroxylation is 1. The van der Waals surface area contributed by atoms with Gasteiger partial charge < -0.3 is 10.1 Å². The van der Waals surface area contributed by atoms with E-state index in [4.69, 9.17) is 4.74 Å². The first kappa shape index (κ1) is 16.7. The van der Waals surface area contributed by atoms with Crippen molar-refractivity contribution in [2.75, 3.05) is 44.7 Å². The summed E-state index contributed by atoms with van der Waals surface area (Å²) in [7, 11) is 0. The highest BCUT2D eigenvalue weighted by molar-refractivity contribution is 5.32. The summed E-state index contributed by atoms with van der Waals surface area (Å²) < 4.78 is 5.34. The molecule has 0 spiro atoms. The molecule has 2 N–H and O–H groups in total. The molecule has 3 rings (SSSR count). The minimum absolute atomic E-state index is 0.0692. The lowest BCUT2D eigenvalue weighted by Gasteiger charge is -2.26. The van der Waals surface area contributed by atoms with Gasteiger partial charge in [-0.1, -0.05) is 30.3 Å². The van der Waals surface area contributed by atoms with E-state index in [2.05, 4.69) is 20.2 Å². The van der Waals surface area contributed by atoms with E-state index in [1.807, 2.05) is 37.3 Å². The van der Waals surface area contributed by atoms with Crippen LogP contribution in [0.1, 0.15) is 16.8 Å². The van der Waals surface area contributed by atoms with Gasteiger partial charge >= 0.3 is 0 Å². The summed E-state index contributed by atoms with van der Waals surface area (Å²) in [5.41, 5.74) is 2.54. The summed E-state index contributed by atoms with van der Waals surface area (Å²) >= 11 is 0. The molecular weight excluding hydrogens is 304 g/mol. The van der Waals surface area contributed by atoms with Crippen LogP contribution in [0.3, 0.4) is 0 Å². The predicted octanol–water partition coefficient (Wildman–Crippen LogP) is 1.41. The summed E-state index contributed by atoms with van der Waals surface area (Å²) in [5.74, 6) is 0.544. The second-order valence-corrected chi connectivity index (χ2v) is 6.02. The molecule has 2 aromatic rings. The van der Waals surface area contributed by atoms with Crippen LogP contribution in [-0.4, -0.2) is 54.3 Å². The monoisotopic (exact) mass is 328 g/mol. The second kappa shape index (κ2) is 8.08. The normalized spacial score (nSPS) is 15.4. The molecule has 2 heterocycles. The lowest BCUT2D eigenvalue weighted by atomic mass is 10.1. The molecule has 0 radical (unpaired) electrons. The number of anilines is 1. The molecule has 0 saturated carbocycles. The highest BCUT2D eigenvalue weighted by atomic mass is 16.5. The van der Waals surface area contributed by atoms with Gasteiger partial charge in [-0.15, -0.1) is 0 Å². The fourth-order valence-electron chi connectivity index (χ4n) is 2.86. The molecule has 0 unspecified atom stereocenters. The van der Waals surface area contributed by atoms with Gasteiger partial charge in [0.2, 0.25) is 5.95 Å². The molecule has 0 atom stereocenters. The van der Waals surface area contributed by atoms with Crippen LogP contribution >= 0.6 is 0 Å². The molecule has 24 heavy (non-hydrogen) atoms. The first-order valence-electron chi connectivity index (χ1n) is 8.40. The predicted molar refractivity (Wildman–Crippen MR) is 94.6 cm³/mol. The number of morpholine rings is 1. The Morgan fingerprint density at radius 2 is 2.00 bits per heavy atom. The third-order valence-electron chi connectivity index (χ3n) is 4.27. The lowest BCUT2D eigenvalue weighted by molar-refractivity contribution is 0.0398. The fourth-order valence-corrected chi connectivity index (χ4v) is 2.86. The maximum atomic E-state index is 12.4. The molecule has 1 aliphatic heterocycles. The highest BCUT2D eigenvalue weighted by Gasteiger charge is 2.11. The summed E-state index contributed by atoms with van der Waals surface area (Å²) in [6, 6.07) is 9.97. The van der Waals surface area contributed by atoms with Crippen molar-refractivity contribution >= 4 is 5.95 Å². The SMILES string of the molecule is Cc1nc(NCCN2CCOCC2)[nH]c(=O)c1Cc1ccccc1. The summed E-state index contributed by atoms with van der Waals surface area (Å²) in [6.07, 6.45) is 0.600. The minimum Gasteiger partial charge on any atom is -0.379 e. The zero-order valence-corrected chi connectivity index (χ0v) is 14.0. The maximum absolute atomic E-state index is 12.4. The summed E-state index contributed by atoms with van der Waals surface area (Å²) in [5, 5.41) is 3.22. The van der Waals surface area contributed by atoms with Gasteiger partial charge in [0.05, 0.1) is 18.9 Å². The Labute approximate surface area is 141 Å². The van der Waals surface area contributed by atoms with Crippen molar-refractivity contribution in [1.29, 1.82) is 0 Å². The smallest absolute Gasteiger partial charge is 0.256 e. The Morgan fingerprint density at radius 1 is 1.25 bits per heavy atom. The van der Waals surface area contributed by atoms with Crippen LogP contribution in [0.25, 0.3) is 0 Å². The van der Waals surface area contributed by atoms with Gasteiger partial charge in [-0.3, -0.25) is 14.7 Å². The van der Waals surface area contributed by atoms with Crippen molar-refractivity contribution < 1.29 is 4.74 Å². The molecule has 1 aromatic carbocycles. The van der Waals surface area contributed by atoms with Gasteiger partial charge in [-0.25, -0.2) is 4.98 Å². The van der Waals surface area contributed by atoms with Gasteiger partial charge in [0.1, 0.15) is 0 Å². The summed E-state index contributed by atoms with van der Waals surface area (Å²) in [6.45, 7) is 7.06. The Bertz CT molecular complexity index is 709. The van der Waals surface area contributed by atoms with Crippen LogP contribution in [0, 0.1) is 6.92 Å². The van der Waals surface area contributed by atoms with Crippen molar-refractivity contribution in [1.82, 2.24) is 14.9 Å². The topological polar surface area (TPSA) is 70.2 Å². The van der Waals surface area contributed by atoms with Gasteiger partial charge in [-0.05, 0) is 12.5 Å². The third-order valence-corrected chi connectivity index (χ3v) is 4.27. The van der Waals surface area contributed by atoms with E-state index in [0.717, 1.165) is 56.2 Å². The molecule has 0 bridgehead atoms. The van der Waals surface area contributed by atoms with Crippen LogP contribution in [-0.2, 0) is 11.2 Å². The minimum atomic E-state index is -0.0692. The number of ether oxygens (including phenoxy) is 1. The lowest BCUT2D eigenvalue weighted by Crippen LogP contribution is -2.39. The molecular formula is C18H24N4O2. The van der Waals surface area contributed by atoms with Crippen LogP contribution in [0.5, 0.6) is 0 Å². The molecule has 0 aliphatic carbocycles. The standard InChI is InChI=1S/C18H24N4O2/c1-14-16(13-15-5-3-2-4-6-15)17(23)21-18(20-14)19-7-8-22-9-11-24-12-10-22/h2-6H,7-13H2,1H3,(H2,19,20,21,23). The number of aromatic nitrogens is 2. The average molecular weight is 328 g/mol. The van der Waals surface area contributed by atoms with Crippen molar-refractivity contribution in [2.24, 2.45) is 0 Å². The van der Waals surface area contributed by atoms with Crippen molar-refractivity contribution in [3.63, 3.8) is 0 Å². The Kier molecular flexibility index (Phi) is 5.61. The average Bonchev–Trinajstić information content (AvgIpc) is 2.60. The first-order valence-corrected chi connectivity index (χ1v) is 8.40. The van der Waals surface area contributed by atoms with E-state index < -0.39 is 0 Å². The maximum Gasteiger partial charge on any atom is 0.256 e.